The van der Waals surface area contributed by atoms with E-state index in [0.717, 1.165) is 25.6 Å². The first-order valence-corrected chi connectivity index (χ1v) is 6.89. The third-order valence-electron chi connectivity index (χ3n) is 3.34. The highest BCUT2D eigenvalue weighted by Gasteiger charge is 2.29. The fourth-order valence-electron chi connectivity index (χ4n) is 2.15. The van der Waals surface area contributed by atoms with Gasteiger partial charge in [-0.2, -0.15) is 0 Å². The number of imide groups is 1. The van der Waals surface area contributed by atoms with Crippen molar-refractivity contribution in [3.8, 4) is 0 Å². The molecule has 1 aliphatic heterocycles. The minimum absolute atomic E-state index is 0.0216. The van der Waals surface area contributed by atoms with Crippen LogP contribution < -0.4 is 11.1 Å². The van der Waals surface area contributed by atoms with E-state index in [2.05, 4.69) is 15.3 Å². The molecule has 3 amide bonds. The summed E-state index contributed by atoms with van der Waals surface area (Å²) >= 11 is 1.53. The molecule has 0 saturated carbocycles. The molecule has 2 aromatic rings. The van der Waals surface area contributed by atoms with Crippen LogP contribution in [0.2, 0.25) is 0 Å². The van der Waals surface area contributed by atoms with Crippen molar-refractivity contribution in [1.82, 2.24) is 20.2 Å². The maximum absolute atomic E-state index is 11.6. The first-order chi connectivity index (χ1) is 9.47. The molecule has 0 unspecified atom stereocenters. The molecule has 3 rings (SSSR count). The lowest BCUT2D eigenvalue weighted by molar-refractivity contribution is -0.125. The Bertz CT molecular complexity index is 723. The summed E-state index contributed by atoms with van der Waals surface area (Å²) in [6.45, 7) is 4.04. The third-order valence-corrected chi connectivity index (χ3v) is 4.44. The van der Waals surface area contributed by atoms with Crippen LogP contribution in [0, 0.1) is 13.8 Å². The zero-order valence-electron chi connectivity index (χ0n) is 11.1. The van der Waals surface area contributed by atoms with E-state index < -0.39 is 6.03 Å². The molecule has 3 N–H and O–H groups in total. The van der Waals surface area contributed by atoms with Crippen LogP contribution >= 0.6 is 11.3 Å². The lowest BCUT2D eigenvalue weighted by Crippen LogP contribution is -2.31. The predicted octanol–water partition coefficient (Wildman–Crippen LogP) is 0.942. The number of fused-ring (bicyclic) bond motifs is 1. The molecule has 7 nitrogen and oxygen atoms in total. The Kier molecular flexibility index (Phi) is 2.82. The standard InChI is InChI=1S/C12H13N5O2S/c1-5-6(2)20-11-9(5)10(13)15-7(16-11)4-17-8(18)3-14-12(17)19/h3-4H2,1-2H3,(H,14,19)(H2,13,15,16). The second-order valence-electron chi connectivity index (χ2n) is 4.63. The number of nitrogens with two attached hydrogens (primary N) is 1. The molecule has 0 aliphatic carbocycles. The third kappa shape index (κ3) is 1.88. The highest BCUT2D eigenvalue weighted by atomic mass is 32.1. The number of urea groups is 1. The van der Waals surface area contributed by atoms with Gasteiger partial charge in [0.25, 0.3) is 0 Å². The van der Waals surface area contributed by atoms with Crippen molar-refractivity contribution in [2.24, 2.45) is 0 Å². The highest BCUT2D eigenvalue weighted by molar-refractivity contribution is 7.18. The van der Waals surface area contributed by atoms with Gasteiger partial charge in [0.2, 0.25) is 5.91 Å². The van der Waals surface area contributed by atoms with Gasteiger partial charge in [0.1, 0.15) is 10.6 Å². The fourth-order valence-corrected chi connectivity index (χ4v) is 3.21. The number of hydrogen-bond acceptors (Lipinski definition) is 6. The SMILES string of the molecule is Cc1sc2nc(CN3C(=O)CNC3=O)nc(N)c2c1C. The van der Waals surface area contributed by atoms with Crippen molar-refractivity contribution in [1.29, 1.82) is 0 Å². The van der Waals surface area contributed by atoms with Gasteiger partial charge in [-0.1, -0.05) is 0 Å². The van der Waals surface area contributed by atoms with Crippen LogP contribution in [0.3, 0.4) is 0 Å². The van der Waals surface area contributed by atoms with Crippen molar-refractivity contribution in [2.75, 3.05) is 12.3 Å². The number of nitrogens with one attached hydrogen (secondary N) is 1. The number of anilines is 1. The molecule has 20 heavy (non-hydrogen) atoms. The van der Waals surface area contributed by atoms with Crippen LogP contribution in [-0.4, -0.2) is 33.4 Å². The second-order valence-corrected chi connectivity index (χ2v) is 5.83. The normalized spacial score (nSPS) is 15.2. The maximum atomic E-state index is 11.6. The minimum atomic E-state index is -0.421. The lowest BCUT2D eigenvalue weighted by Gasteiger charge is -2.11. The van der Waals surface area contributed by atoms with Gasteiger partial charge in [0.05, 0.1) is 18.5 Å². The second kappa shape index (κ2) is 4.41. The number of hydrogen-bond donors (Lipinski definition) is 2. The lowest BCUT2D eigenvalue weighted by atomic mass is 10.2. The Morgan fingerprint density at radius 1 is 1.35 bits per heavy atom. The van der Waals surface area contributed by atoms with Crippen LogP contribution in [0.15, 0.2) is 0 Å². The van der Waals surface area contributed by atoms with E-state index in [4.69, 9.17) is 5.73 Å². The summed E-state index contributed by atoms with van der Waals surface area (Å²) in [6.07, 6.45) is 0. The summed E-state index contributed by atoms with van der Waals surface area (Å²) in [5.74, 6) is 0.483. The smallest absolute Gasteiger partial charge is 0.325 e. The van der Waals surface area contributed by atoms with Crippen molar-refractivity contribution in [2.45, 2.75) is 20.4 Å². The Balaban J connectivity index is 2.01. The topological polar surface area (TPSA) is 101 Å². The number of rotatable bonds is 2. The van der Waals surface area contributed by atoms with Gasteiger partial charge in [-0.3, -0.25) is 9.69 Å². The van der Waals surface area contributed by atoms with Crippen molar-refractivity contribution < 1.29 is 9.59 Å². The van der Waals surface area contributed by atoms with Crippen LogP contribution in [0.1, 0.15) is 16.3 Å². The molecule has 104 valence electrons. The number of carbonyl (C=O) groups excluding carboxylic acids is 2. The Morgan fingerprint density at radius 2 is 2.10 bits per heavy atom. The molecule has 0 radical (unpaired) electrons. The van der Waals surface area contributed by atoms with Gasteiger partial charge in [0, 0.05) is 4.88 Å². The van der Waals surface area contributed by atoms with Crippen molar-refractivity contribution in [3.05, 3.63) is 16.3 Å². The average Bonchev–Trinajstić information content (AvgIpc) is 2.84. The monoisotopic (exact) mass is 291 g/mol. The Morgan fingerprint density at radius 3 is 2.75 bits per heavy atom. The molecule has 8 heteroatoms. The molecule has 0 atom stereocenters. The van der Waals surface area contributed by atoms with Crippen LogP contribution in [0.5, 0.6) is 0 Å². The molecule has 0 spiro atoms. The Labute approximate surface area is 118 Å². The number of nitrogen functional groups attached to an aromatic ring is 1. The zero-order chi connectivity index (χ0) is 14.4. The highest BCUT2D eigenvalue weighted by Crippen LogP contribution is 2.31. The molecule has 3 heterocycles. The van der Waals surface area contributed by atoms with E-state index in [1.54, 1.807) is 0 Å². The van der Waals surface area contributed by atoms with Gasteiger partial charge >= 0.3 is 6.03 Å². The number of amides is 3. The molecular formula is C12H13N5O2S. The number of aryl methyl sites for hydroxylation is 2. The molecule has 0 aromatic carbocycles. The Hall–Kier alpha value is -2.22. The van der Waals surface area contributed by atoms with Crippen molar-refractivity contribution >= 4 is 39.3 Å². The van der Waals surface area contributed by atoms with Crippen LogP contribution in [0.4, 0.5) is 10.6 Å². The average molecular weight is 291 g/mol. The molecule has 2 aromatic heterocycles. The van der Waals surface area contributed by atoms with Gasteiger partial charge in [-0.25, -0.2) is 14.8 Å². The minimum Gasteiger partial charge on any atom is -0.383 e. The molecule has 1 aliphatic rings. The van der Waals surface area contributed by atoms with E-state index in [1.807, 2.05) is 13.8 Å². The number of aromatic nitrogens is 2. The van der Waals surface area contributed by atoms with Crippen LogP contribution in [0.25, 0.3) is 10.2 Å². The predicted molar refractivity (Wildman–Crippen MR) is 75.3 cm³/mol. The summed E-state index contributed by atoms with van der Waals surface area (Å²) < 4.78 is 0. The molecule has 1 saturated heterocycles. The molecule has 1 fully saturated rings. The van der Waals surface area contributed by atoms with E-state index in [-0.39, 0.29) is 19.0 Å². The summed E-state index contributed by atoms with van der Waals surface area (Å²) in [5, 5.41) is 3.31. The first-order valence-electron chi connectivity index (χ1n) is 6.07. The summed E-state index contributed by atoms with van der Waals surface area (Å²) in [4.78, 5) is 34.7. The van der Waals surface area contributed by atoms with Gasteiger partial charge < -0.3 is 11.1 Å². The zero-order valence-corrected chi connectivity index (χ0v) is 11.9. The molecule has 0 bridgehead atoms. The largest absolute Gasteiger partial charge is 0.383 e. The number of thiophene rings is 1. The quantitative estimate of drug-likeness (QED) is 0.802. The fraction of sp³-hybridized carbons (Fsp3) is 0.333. The number of nitrogens with zero attached hydrogens (tertiary/aromatic N) is 3. The summed E-state index contributed by atoms with van der Waals surface area (Å²) in [6, 6.07) is -0.421. The van der Waals surface area contributed by atoms with Gasteiger partial charge in [0.15, 0.2) is 5.82 Å². The maximum Gasteiger partial charge on any atom is 0.325 e. The number of carbonyl (C=O) groups is 2. The van der Waals surface area contributed by atoms with E-state index in [9.17, 15) is 9.59 Å². The van der Waals surface area contributed by atoms with Gasteiger partial charge in [-0.05, 0) is 19.4 Å². The van der Waals surface area contributed by atoms with Crippen molar-refractivity contribution in [3.63, 3.8) is 0 Å². The summed E-state index contributed by atoms with van der Waals surface area (Å²) in [7, 11) is 0. The van der Waals surface area contributed by atoms with Gasteiger partial charge in [-0.15, -0.1) is 11.3 Å². The summed E-state index contributed by atoms with van der Waals surface area (Å²) in [5.41, 5.74) is 7.04. The van der Waals surface area contributed by atoms with E-state index in [1.165, 1.54) is 11.3 Å². The van der Waals surface area contributed by atoms with E-state index >= 15 is 0 Å². The van der Waals surface area contributed by atoms with Crippen LogP contribution in [-0.2, 0) is 11.3 Å². The molecular weight excluding hydrogens is 278 g/mol. The first kappa shape index (κ1) is 12.8. The van der Waals surface area contributed by atoms with E-state index in [0.29, 0.717) is 11.6 Å².